The Hall–Kier alpha value is -0.770. The molecule has 0 bridgehead atoms. The lowest BCUT2D eigenvalue weighted by Gasteiger charge is -2.31. The minimum atomic E-state index is -0.783. The zero-order valence-electron chi connectivity index (χ0n) is 9.28. The molecule has 0 aromatic carbocycles. The second-order valence-corrected chi connectivity index (χ2v) is 6.32. The van der Waals surface area contributed by atoms with Crippen LogP contribution in [0.15, 0.2) is 28.9 Å². The number of aliphatic hydroxyl groups is 1. The van der Waals surface area contributed by atoms with Gasteiger partial charge < -0.3 is 9.52 Å². The number of fused-ring (bicyclic) bond motifs is 1. The molecule has 0 saturated heterocycles. The Labute approximate surface area is 109 Å². The first-order valence-electron chi connectivity index (χ1n) is 5.71. The molecule has 2 heterocycles. The molecular formula is C13H13ClO2S. The first-order chi connectivity index (χ1) is 8.17. The zero-order valence-corrected chi connectivity index (χ0v) is 10.9. The van der Waals surface area contributed by atoms with E-state index in [2.05, 4.69) is 0 Å². The molecule has 90 valence electrons. The van der Waals surface area contributed by atoms with Crippen LogP contribution >= 0.6 is 22.9 Å². The number of halogens is 1. The molecule has 0 amide bonds. The number of thiophene rings is 1. The first kappa shape index (κ1) is 11.3. The maximum Gasteiger partial charge on any atom is 0.109 e. The van der Waals surface area contributed by atoms with E-state index in [-0.39, 0.29) is 0 Å². The summed E-state index contributed by atoms with van der Waals surface area (Å²) in [6.45, 7) is 0. The van der Waals surface area contributed by atoms with E-state index in [0.29, 0.717) is 6.42 Å². The predicted octanol–water partition coefficient (Wildman–Crippen LogP) is 3.76. The summed E-state index contributed by atoms with van der Waals surface area (Å²) in [5.74, 6) is 0.932. The Balaban J connectivity index is 1.92. The summed E-state index contributed by atoms with van der Waals surface area (Å²) in [4.78, 5) is 1.12. The lowest BCUT2D eigenvalue weighted by Crippen LogP contribution is -2.31. The van der Waals surface area contributed by atoms with Gasteiger partial charge in [0.15, 0.2) is 0 Å². The molecule has 1 aliphatic carbocycles. The van der Waals surface area contributed by atoms with Crippen molar-refractivity contribution in [1.29, 1.82) is 0 Å². The van der Waals surface area contributed by atoms with E-state index in [9.17, 15) is 5.11 Å². The fraction of sp³-hybridized carbons (Fsp3) is 0.385. The highest BCUT2D eigenvalue weighted by atomic mass is 35.5. The summed E-state index contributed by atoms with van der Waals surface area (Å²) in [5, 5.41) is 10.8. The molecule has 0 fully saturated rings. The van der Waals surface area contributed by atoms with Crippen molar-refractivity contribution < 1.29 is 9.52 Å². The Kier molecular flexibility index (Phi) is 2.77. The van der Waals surface area contributed by atoms with Crippen LogP contribution in [0.5, 0.6) is 0 Å². The topological polar surface area (TPSA) is 33.4 Å². The fourth-order valence-electron chi connectivity index (χ4n) is 2.54. The Morgan fingerprint density at radius 3 is 3.06 bits per heavy atom. The second kappa shape index (κ2) is 4.16. The SMILES string of the molecule is OC1(Cc2ccc(Cl)s2)CCCc2occc21. The summed E-state index contributed by atoms with van der Waals surface area (Å²) < 4.78 is 6.18. The molecule has 0 saturated carbocycles. The highest BCUT2D eigenvalue weighted by Crippen LogP contribution is 2.39. The Morgan fingerprint density at radius 1 is 1.41 bits per heavy atom. The van der Waals surface area contributed by atoms with Crippen LogP contribution in [0, 0.1) is 0 Å². The smallest absolute Gasteiger partial charge is 0.109 e. The van der Waals surface area contributed by atoms with Crippen molar-refractivity contribution in [2.45, 2.75) is 31.3 Å². The van der Waals surface area contributed by atoms with E-state index >= 15 is 0 Å². The van der Waals surface area contributed by atoms with E-state index in [4.69, 9.17) is 16.0 Å². The summed E-state index contributed by atoms with van der Waals surface area (Å²) in [5.41, 5.74) is 0.169. The molecule has 17 heavy (non-hydrogen) atoms. The van der Waals surface area contributed by atoms with Gasteiger partial charge in [0.05, 0.1) is 16.2 Å². The highest BCUT2D eigenvalue weighted by molar-refractivity contribution is 7.16. The maximum atomic E-state index is 10.8. The summed E-state index contributed by atoms with van der Waals surface area (Å²) in [6, 6.07) is 5.76. The van der Waals surface area contributed by atoms with Crippen molar-refractivity contribution in [2.24, 2.45) is 0 Å². The van der Waals surface area contributed by atoms with Gasteiger partial charge in [0.1, 0.15) is 5.76 Å². The molecule has 2 aromatic heterocycles. The van der Waals surface area contributed by atoms with E-state index in [0.717, 1.165) is 39.8 Å². The van der Waals surface area contributed by atoms with Crippen LogP contribution in [0.1, 0.15) is 29.0 Å². The van der Waals surface area contributed by atoms with Crippen molar-refractivity contribution in [3.8, 4) is 0 Å². The molecule has 4 heteroatoms. The third kappa shape index (κ3) is 2.03. The van der Waals surface area contributed by atoms with Crippen LogP contribution in [-0.4, -0.2) is 5.11 Å². The van der Waals surface area contributed by atoms with E-state index in [1.807, 2.05) is 18.2 Å². The molecule has 1 atom stereocenters. The number of hydrogen-bond donors (Lipinski definition) is 1. The van der Waals surface area contributed by atoms with Gasteiger partial charge in [-0.15, -0.1) is 11.3 Å². The molecule has 1 aliphatic rings. The quantitative estimate of drug-likeness (QED) is 0.900. The number of furan rings is 1. The molecule has 0 spiro atoms. The minimum absolute atomic E-state index is 0.622. The van der Waals surface area contributed by atoms with E-state index in [1.165, 1.54) is 11.3 Å². The van der Waals surface area contributed by atoms with Crippen LogP contribution < -0.4 is 0 Å². The molecule has 0 radical (unpaired) electrons. The standard InChI is InChI=1S/C13H13ClO2S/c14-12-4-3-9(17-12)8-13(15)6-1-2-11-10(13)5-7-16-11/h3-5,7,15H,1-2,6,8H2. The molecule has 1 unspecified atom stereocenters. The molecule has 1 N–H and O–H groups in total. The normalized spacial score (nSPS) is 23.6. The van der Waals surface area contributed by atoms with Crippen LogP contribution in [0.25, 0.3) is 0 Å². The van der Waals surface area contributed by atoms with Gasteiger partial charge >= 0.3 is 0 Å². The molecular weight excluding hydrogens is 256 g/mol. The molecule has 0 aliphatic heterocycles. The van der Waals surface area contributed by atoms with E-state index in [1.54, 1.807) is 6.26 Å². The van der Waals surface area contributed by atoms with Gasteiger partial charge in [-0.25, -0.2) is 0 Å². The molecule has 3 rings (SSSR count). The van der Waals surface area contributed by atoms with Crippen molar-refractivity contribution in [3.05, 3.63) is 45.0 Å². The number of aryl methyl sites for hydroxylation is 1. The van der Waals surface area contributed by atoms with Crippen molar-refractivity contribution in [2.75, 3.05) is 0 Å². The minimum Gasteiger partial charge on any atom is -0.469 e. The van der Waals surface area contributed by atoms with E-state index < -0.39 is 5.60 Å². The highest BCUT2D eigenvalue weighted by Gasteiger charge is 2.36. The number of hydrogen-bond acceptors (Lipinski definition) is 3. The van der Waals surface area contributed by atoms with Gasteiger partial charge in [0, 0.05) is 23.3 Å². The maximum absolute atomic E-state index is 10.8. The van der Waals surface area contributed by atoms with Crippen LogP contribution in [0.2, 0.25) is 4.34 Å². The van der Waals surface area contributed by atoms with Crippen LogP contribution in [0.3, 0.4) is 0 Å². The third-order valence-electron chi connectivity index (χ3n) is 3.34. The lowest BCUT2D eigenvalue weighted by molar-refractivity contribution is 0.0176. The summed E-state index contributed by atoms with van der Waals surface area (Å²) in [7, 11) is 0. The van der Waals surface area contributed by atoms with Gasteiger partial charge in [-0.2, -0.15) is 0 Å². The van der Waals surface area contributed by atoms with Gasteiger partial charge in [0.2, 0.25) is 0 Å². The summed E-state index contributed by atoms with van der Waals surface area (Å²) >= 11 is 7.45. The lowest BCUT2D eigenvalue weighted by atomic mass is 9.80. The van der Waals surface area contributed by atoms with Crippen molar-refractivity contribution in [3.63, 3.8) is 0 Å². The van der Waals surface area contributed by atoms with Gasteiger partial charge in [-0.1, -0.05) is 11.6 Å². The Bertz CT molecular complexity index is 531. The van der Waals surface area contributed by atoms with Crippen molar-refractivity contribution >= 4 is 22.9 Å². The average Bonchev–Trinajstić information content (AvgIpc) is 2.88. The average molecular weight is 269 g/mol. The summed E-state index contributed by atoms with van der Waals surface area (Å²) in [6.07, 6.45) is 4.97. The molecule has 2 nitrogen and oxygen atoms in total. The monoisotopic (exact) mass is 268 g/mol. The van der Waals surface area contributed by atoms with Crippen LogP contribution in [-0.2, 0) is 18.4 Å². The first-order valence-corrected chi connectivity index (χ1v) is 6.90. The second-order valence-electron chi connectivity index (χ2n) is 4.53. The third-order valence-corrected chi connectivity index (χ3v) is 4.57. The van der Waals surface area contributed by atoms with Gasteiger partial charge in [0.25, 0.3) is 0 Å². The van der Waals surface area contributed by atoms with Crippen LogP contribution in [0.4, 0.5) is 0 Å². The van der Waals surface area contributed by atoms with Crippen molar-refractivity contribution in [1.82, 2.24) is 0 Å². The Morgan fingerprint density at radius 2 is 2.29 bits per heavy atom. The van der Waals surface area contributed by atoms with Gasteiger partial charge in [-0.3, -0.25) is 0 Å². The van der Waals surface area contributed by atoms with Gasteiger partial charge in [-0.05, 0) is 31.0 Å². The zero-order chi connectivity index (χ0) is 11.9. The predicted molar refractivity (Wildman–Crippen MR) is 68.6 cm³/mol. The number of rotatable bonds is 2. The molecule has 2 aromatic rings. The fourth-order valence-corrected chi connectivity index (χ4v) is 3.74. The largest absolute Gasteiger partial charge is 0.469 e.